The van der Waals surface area contributed by atoms with Crippen LogP contribution in [0, 0.1) is 0 Å². The van der Waals surface area contributed by atoms with Gasteiger partial charge in [-0.25, -0.2) is 0 Å². The van der Waals surface area contributed by atoms with Crippen LogP contribution in [0.2, 0.25) is 0 Å². The number of anilines is 1. The Bertz CT molecular complexity index is 643. The highest BCUT2D eigenvalue weighted by Crippen LogP contribution is 2.36. The van der Waals surface area contributed by atoms with Gasteiger partial charge in [0.05, 0.1) is 17.4 Å². The van der Waals surface area contributed by atoms with Crippen molar-refractivity contribution in [1.82, 2.24) is 4.90 Å². The Morgan fingerprint density at radius 1 is 1.21 bits per heavy atom. The van der Waals surface area contributed by atoms with Gasteiger partial charge in [0, 0.05) is 18.0 Å². The summed E-state index contributed by atoms with van der Waals surface area (Å²) < 4.78 is 5.07. The van der Waals surface area contributed by atoms with E-state index in [1.807, 2.05) is 24.3 Å². The van der Waals surface area contributed by atoms with Crippen LogP contribution in [0.25, 0.3) is 0 Å². The normalized spacial score (nSPS) is 20.1. The van der Waals surface area contributed by atoms with Crippen molar-refractivity contribution in [1.29, 1.82) is 0 Å². The summed E-state index contributed by atoms with van der Waals surface area (Å²) >= 11 is 1.35. The van der Waals surface area contributed by atoms with E-state index in [9.17, 15) is 14.4 Å². The molecule has 1 N–H and O–H groups in total. The van der Waals surface area contributed by atoms with Gasteiger partial charge in [-0.3, -0.25) is 14.4 Å². The van der Waals surface area contributed by atoms with Gasteiger partial charge in [-0.15, -0.1) is 11.8 Å². The molecule has 2 amide bonds. The summed E-state index contributed by atoms with van der Waals surface area (Å²) in [6.45, 7) is 1.22. The lowest BCUT2D eigenvalue weighted by Crippen LogP contribution is -2.39. The number of esters is 1. The Morgan fingerprint density at radius 2 is 1.96 bits per heavy atom. The molecule has 2 aliphatic heterocycles. The second-order valence-electron chi connectivity index (χ2n) is 5.90. The van der Waals surface area contributed by atoms with Crippen LogP contribution in [0.4, 0.5) is 5.69 Å². The van der Waals surface area contributed by atoms with E-state index in [1.165, 1.54) is 11.8 Å². The summed E-state index contributed by atoms with van der Waals surface area (Å²) in [6.07, 6.45) is 3.09. The van der Waals surface area contributed by atoms with Crippen molar-refractivity contribution in [3.8, 4) is 0 Å². The smallest absolute Gasteiger partial charge is 0.307 e. The molecule has 1 fully saturated rings. The average molecular weight is 348 g/mol. The molecule has 1 aromatic carbocycles. The first kappa shape index (κ1) is 16.8. The summed E-state index contributed by atoms with van der Waals surface area (Å²) in [5.74, 6) is -0.889. The van der Waals surface area contributed by atoms with E-state index in [0.717, 1.165) is 42.9 Å². The minimum Gasteiger partial charge on any atom is -0.456 e. The van der Waals surface area contributed by atoms with Gasteiger partial charge in [-0.2, -0.15) is 0 Å². The van der Waals surface area contributed by atoms with Crippen LogP contribution in [-0.2, 0) is 19.1 Å². The zero-order valence-corrected chi connectivity index (χ0v) is 14.1. The predicted octanol–water partition coefficient (Wildman–Crippen LogP) is 2.05. The lowest BCUT2D eigenvalue weighted by atomic mass is 10.1. The first-order valence-corrected chi connectivity index (χ1v) is 9.01. The van der Waals surface area contributed by atoms with E-state index in [1.54, 1.807) is 4.90 Å². The van der Waals surface area contributed by atoms with Crippen LogP contribution in [0.5, 0.6) is 0 Å². The first-order chi connectivity index (χ1) is 11.6. The average Bonchev–Trinajstić information content (AvgIpc) is 2.61. The molecule has 1 saturated heterocycles. The fraction of sp³-hybridized carbons (Fsp3) is 0.471. The highest BCUT2D eigenvalue weighted by Gasteiger charge is 2.29. The SMILES string of the molecule is O=C(C[C@H]1Sc2ccccc2NC1=O)OCC(=O)N1CCCCC1. The number of rotatable bonds is 4. The Hall–Kier alpha value is -2.02. The van der Waals surface area contributed by atoms with Crippen LogP contribution >= 0.6 is 11.8 Å². The number of hydrogen-bond donors (Lipinski definition) is 1. The molecule has 1 aromatic rings. The number of para-hydroxylation sites is 1. The fourth-order valence-electron chi connectivity index (χ4n) is 2.81. The Morgan fingerprint density at radius 3 is 2.75 bits per heavy atom. The van der Waals surface area contributed by atoms with Crippen LogP contribution in [0.15, 0.2) is 29.2 Å². The number of piperidine rings is 1. The summed E-state index contributed by atoms with van der Waals surface area (Å²) in [5, 5.41) is 2.26. The zero-order valence-electron chi connectivity index (χ0n) is 13.3. The maximum absolute atomic E-state index is 12.1. The lowest BCUT2D eigenvalue weighted by Gasteiger charge is -2.26. The maximum Gasteiger partial charge on any atom is 0.307 e. The molecule has 24 heavy (non-hydrogen) atoms. The number of benzene rings is 1. The van der Waals surface area contributed by atoms with Crippen molar-refractivity contribution >= 4 is 35.2 Å². The van der Waals surface area contributed by atoms with E-state index in [-0.39, 0.29) is 24.8 Å². The van der Waals surface area contributed by atoms with E-state index in [0.29, 0.717) is 0 Å². The van der Waals surface area contributed by atoms with Crippen molar-refractivity contribution in [2.24, 2.45) is 0 Å². The number of nitrogens with zero attached hydrogens (tertiary/aromatic N) is 1. The van der Waals surface area contributed by atoms with Crippen molar-refractivity contribution in [3.63, 3.8) is 0 Å². The summed E-state index contributed by atoms with van der Waals surface area (Å²) in [6, 6.07) is 7.46. The van der Waals surface area contributed by atoms with E-state index >= 15 is 0 Å². The monoisotopic (exact) mass is 348 g/mol. The molecule has 2 heterocycles. The van der Waals surface area contributed by atoms with Crippen LogP contribution in [0.1, 0.15) is 25.7 Å². The minimum atomic E-state index is -0.530. The molecule has 7 heteroatoms. The lowest BCUT2D eigenvalue weighted by molar-refractivity contribution is -0.152. The summed E-state index contributed by atoms with van der Waals surface area (Å²) in [4.78, 5) is 38.7. The molecule has 0 aliphatic carbocycles. The van der Waals surface area contributed by atoms with Crippen LogP contribution < -0.4 is 5.32 Å². The maximum atomic E-state index is 12.1. The number of thioether (sulfide) groups is 1. The van der Waals surface area contributed by atoms with Crippen LogP contribution in [-0.4, -0.2) is 47.6 Å². The van der Waals surface area contributed by atoms with Crippen molar-refractivity contribution < 1.29 is 19.1 Å². The minimum absolute atomic E-state index is 0.0435. The highest BCUT2D eigenvalue weighted by molar-refractivity contribution is 8.01. The fourth-order valence-corrected chi connectivity index (χ4v) is 3.91. The number of likely N-dealkylation sites (tertiary alicyclic amines) is 1. The molecule has 2 aliphatic rings. The van der Waals surface area contributed by atoms with Gasteiger partial charge in [0.1, 0.15) is 0 Å². The molecule has 0 spiro atoms. The standard InChI is InChI=1S/C17H20N2O4S/c20-15(19-8-4-1-5-9-19)11-23-16(21)10-14-17(22)18-12-6-2-3-7-13(12)24-14/h2-3,6-7,14H,1,4-5,8-11H2,(H,18,22)/t14-/m1/s1. The van der Waals surface area contributed by atoms with Crippen molar-refractivity contribution in [3.05, 3.63) is 24.3 Å². The third-order valence-electron chi connectivity index (χ3n) is 4.12. The summed E-state index contributed by atoms with van der Waals surface area (Å²) in [7, 11) is 0. The Balaban J connectivity index is 1.48. The molecule has 0 bridgehead atoms. The van der Waals surface area contributed by atoms with Gasteiger partial charge in [0.25, 0.3) is 5.91 Å². The topological polar surface area (TPSA) is 75.7 Å². The number of fused-ring (bicyclic) bond motifs is 1. The molecule has 3 rings (SSSR count). The first-order valence-electron chi connectivity index (χ1n) is 8.13. The van der Waals surface area contributed by atoms with Gasteiger partial charge < -0.3 is 15.0 Å². The number of amides is 2. The number of hydrogen-bond acceptors (Lipinski definition) is 5. The molecule has 0 aromatic heterocycles. The molecule has 6 nitrogen and oxygen atoms in total. The molecule has 0 radical (unpaired) electrons. The van der Waals surface area contributed by atoms with Crippen molar-refractivity contribution in [2.75, 3.05) is 25.0 Å². The largest absolute Gasteiger partial charge is 0.456 e. The number of nitrogens with one attached hydrogen (secondary N) is 1. The van der Waals surface area contributed by atoms with E-state index < -0.39 is 11.2 Å². The quantitative estimate of drug-likeness (QED) is 0.843. The Kier molecular flexibility index (Phi) is 5.40. The Labute approximate surface area is 144 Å². The number of carbonyl (C=O) groups is 3. The van der Waals surface area contributed by atoms with Gasteiger partial charge in [0.2, 0.25) is 5.91 Å². The van der Waals surface area contributed by atoms with Gasteiger partial charge in [0.15, 0.2) is 6.61 Å². The van der Waals surface area contributed by atoms with E-state index in [2.05, 4.69) is 5.32 Å². The van der Waals surface area contributed by atoms with Gasteiger partial charge >= 0.3 is 5.97 Å². The molecule has 0 saturated carbocycles. The summed E-state index contributed by atoms with van der Waals surface area (Å²) in [5.41, 5.74) is 0.761. The zero-order chi connectivity index (χ0) is 16.9. The molecule has 1 atom stereocenters. The highest BCUT2D eigenvalue weighted by atomic mass is 32.2. The molecule has 0 unspecified atom stereocenters. The van der Waals surface area contributed by atoms with Gasteiger partial charge in [-0.05, 0) is 31.4 Å². The molecule has 128 valence electrons. The predicted molar refractivity (Wildman–Crippen MR) is 90.7 cm³/mol. The third kappa shape index (κ3) is 4.08. The number of carbonyl (C=O) groups excluding carboxylic acids is 3. The second kappa shape index (κ2) is 7.70. The third-order valence-corrected chi connectivity index (χ3v) is 5.40. The van der Waals surface area contributed by atoms with Crippen LogP contribution in [0.3, 0.4) is 0 Å². The molecular formula is C17H20N2O4S. The number of ether oxygens (including phenoxy) is 1. The molecular weight excluding hydrogens is 328 g/mol. The van der Waals surface area contributed by atoms with E-state index in [4.69, 9.17) is 4.74 Å². The van der Waals surface area contributed by atoms with Gasteiger partial charge in [-0.1, -0.05) is 12.1 Å². The second-order valence-corrected chi connectivity index (χ2v) is 7.14. The van der Waals surface area contributed by atoms with Crippen molar-refractivity contribution in [2.45, 2.75) is 35.8 Å².